The summed E-state index contributed by atoms with van der Waals surface area (Å²) in [4.78, 5) is 18.8. The molecule has 0 aliphatic rings. The van der Waals surface area contributed by atoms with Crippen LogP contribution in [-0.2, 0) is 11.3 Å². The van der Waals surface area contributed by atoms with Crippen LogP contribution >= 0.6 is 11.6 Å². The third kappa shape index (κ3) is 4.55. The highest BCUT2D eigenvalue weighted by Crippen LogP contribution is 2.18. The van der Waals surface area contributed by atoms with Gasteiger partial charge in [0, 0.05) is 26.5 Å². The molecule has 0 saturated heterocycles. The van der Waals surface area contributed by atoms with Crippen LogP contribution in [0.5, 0.6) is 0 Å². The Morgan fingerprint density at radius 1 is 1.23 bits per heavy atom. The van der Waals surface area contributed by atoms with Crippen molar-refractivity contribution in [2.45, 2.75) is 13.0 Å². The Bertz CT molecular complexity index is 605. The predicted octanol–water partition coefficient (Wildman–Crippen LogP) is 3.41. The molecule has 2 rings (SSSR count). The summed E-state index contributed by atoms with van der Waals surface area (Å²) in [5.41, 5.74) is 1.36. The fraction of sp³-hybridized carbons (Fsp3) is 0.294. The maximum atomic E-state index is 12.7. The van der Waals surface area contributed by atoms with E-state index in [0.717, 1.165) is 12.1 Å². The van der Waals surface area contributed by atoms with E-state index in [1.54, 1.807) is 30.3 Å². The van der Waals surface area contributed by atoms with Crippen LogP contribution in [0.1, 0.15) is 22.5 Å². The summed E-state index contributed by atoms with van der Waals surface area (Å²) in [6, 6.07) is 12.8. The monoisotopic (exact) mass is 318 g/mol. The summed E-state index contributed by atoms with van der Waals surface area (Å²) in [5, 5.41) is 0.463. The molecule has 0 radical (unpaired) electrons. The first kappa shape index (κ1) is 16.5. The van der Waals surface area contributed by atoms with Gasteiger partial charge in [-0.15, -0.1) is 0 Å². The molecule has 1 heterocycles. The van der Waals surface area contributed by atoms with Gasteiger partial charge in [0.25, 0.3) is 5.91 Å². The van der Waals surface area contributed by atoms with E-state index in [-0.39, 0.29) is 5.91 Å². The molecule has 0 spiro atoms. The van der Waals surface area contributed by atoms with Gasteiger partial charge in [-0.2, -0.15) is 0 Å². The van der Waals surface area contributed by atoms with Gasteiger partial charge in [-0.05, 0) is 30.7 Å². The van der Waals surface area contributed by atoms with Crippen LogP contribution in [0.4, 0.5) is 0 Å². The second kappa shape index (κ2) is 8.51. The van der Waals surface area contributed by atoms with Gasteiger partial charge in [-0.1, -0.05) is 29.8 Å². The van der Waals surface area contributed by atoms with Gasteiger partial charge in [0.1, 0.15) is 0 Å². The lowest BCUT2D eigenvalue weighted by atomic mass is 10.2. The number of ether oxygens (including phenoxy) is 1. The zero-order valence-corrected chi connectivity index (χ0v) is 13.3. The smallest absolute Gasteiger partial charge is 0.255 e. The zero-order valence-electron chi connectivity index (χ0n) is 12.5. The Kier molecular flexibility index (Phi) is 6.37. The molecule has 0 aliphatic heterocycles. The Morgan fingerprint density at radius 2 is 2.00 bits per heavy atom. The van der Waals surface area contributed by atoms with Crippen molar-refractivity contribution >= 4 is 17.5 Å². The van der Waals surface area contributed by atoms with Crippen LogP contribution in [0.15, 0.2) is 48.7 Å². The zero-order chi connectivity index (χ0) is 15.8. The van der Waals surface area contributed by atoms with Crippen LogP contribution < -0.4 is 0 Å². The average Bonchev–Trinajstić information content (AvgIpc) is 2.55. The number of rotatable bonds is 7. The first-order valence-corrected chi connectivity index (χ1v) is 7.53. The minimum Gasteiger partial charge on any atom is -0.385 e. The van der Waals surface area contributed by atoms with Crippen molar-refractivity contribution in [2.75, 3.05) is 20.3 Å². The maximum Gasteiger partial charge on any atom is 0.255 e. The number of pyridine rings is 1. The molecule has 0 bridgehead atoms. The fourth-order valence-corrected chi connectivity index (χ4v) is 2.36. The topological polar surface area (TPSA) is 42.4 Å². The van der Waals surface area contributed by atoms with Crippen LogP contribution in [0, 0.1) is 0 Å². The molecule has 2 aromatic rings. The number of methoxy groups -OCH3 is 1. The first-order valence-electron chi connectivity index (χ1n) is 7.15. The van der Waals surface area contributed by atoms with Crippen molar-refractivity contribution in [3.8, 4) is 0 Å². The molecule has 22 heavy (non-hydrogen) atoms. The molecule has 0 unspecified atom stereocenters. The maximum absolute atomic E-state index is 12.7. The van der Waals surface area contributed by atoms with E-state index in [9.17, 15) is 4.79 Å². The summed E-state index contributed by atoms with van der Waals surface area (Å²) in [6.07, 6.45) is 2.49. The Labute approximate surface area is 135 Å². The minimum atomic E-state index is -0.0904. The van der Waals surface area contributed by atoms with E-state index in [2.05, 4.69) is 4.98 Å². The number of hydrogen-bond donors (Lipinski definition) is 0. The first-order chi connectivity index (χ1) is 10.7. The largest absolute Gasteiger partial charge is 0.385 e. The standard InChI is InChI=1S/C17H19ClN2O2/c1-22-12-6-11-20(13-14-7-4-5-10-19-14)17(21)15-8-2-3-9-16(15)18/h2-5,7-10H,6,11-13H2,1H3. The van der Waals surface area contributed by atoms with Crippen molar-refractivity contribution in [2.24, 2.45) is 0 Å². The molecule has 0 atom stereocenters. The average molecular weight is 319 g/mol. The molecule has 1 aromatic carbocycles. The van der Waals surface area contributed by atoms with Crippen molar-refractivity contribution < 1.29 is 9.53 Å². The van der Waals surface area contributed by atoms with Crippen molar-refractivity contribution in [3.05, 3.63) is 64.9 Å². The van der Waals surface area contributed by atoms with Crippen molar-refractivity contribution in [1.29, 1.82) is 0 Å². The number of carbonyl (C=O) groups is 1. The van der Waals surface area contributed by atoms with Gasteiger partial charge >= 0.3 is 0 Å². The molecule has 116 valence electrons. The lowest BCUT2D eigenvalue weighted by Crippen LogP contribution is -2.32. The molecule has 0 N–H and O–H groups in total. The van der Waals surface area contributed by atoms with Crippen LogP contribution in [0.3, 0.4) is 0 Å². The molecular weight excluding hydrogens is 300 g/mol. The fourth-order valence-electron chi connectivity index (χ4n) is 2.14. The number of nitrogens with zero attached hydrogens (tertiary/aromatic N) is 2. The third-order valence-electron chi connectivity index (χ3n) is 3.25. The molecule has 1 amide bonds. The third-order valence-corrected chi connectivity index (χ3v) is 3.58. The van der Waals surface area contributed by atoms with Crippen molar-refractivity contribution in [3.63, 3.8) is 0 Å². The van der Waals surface area contributed by atoms with E-state index >= 15 is 0 Å². The lowest BCUT2D eigenvalue weighted by Gasteiger charge is -2.23. The van der Waals surface area contributed by atoms with Gasteiger partial charge in [-0.25, -0.2) is 0 Å². The molecule has 0 fully saturated rings. The van der Waals surface area contributed by atoms with Gasteiger partial charge in [-0.3, -0.25) is 9.78 Å². The Balaban J connectivity index is 2.16. The Hall–Kier alpha value is -1.91. The number of amides is 1. The number of hydrogen-bond acceptors (Lipinski definition) is 3. The van der Waals surface area contributed by atoms with Crippen LogP contribution in [0.2, 0.25) is 5.02 Å². The van der Waals surface area contributed by atoms with Gasteiger partial charge < -0.3 is 9.64 Å². The van der Waals surface area contributed by atoms with E-state index in [1.165, 1.54) is 0 Å². The summed E-state index contributed by atoms with van der Waals surface area (Å²) in [6.45, 7) is 1.65. The predicted molar refractivity (Wildman–Crippen MR) is 86.9 cm³/mol. The van der Waals surface area contributed by atoms with Crippen LogP contribution in [-0.4, -0.2) is 36.1 Å². The second-order valence-corrected chi connectivity index (χ2v) is 5.28. The van der Waals surface area contributed by atoms with E-state index < -0.39 is 0 Å². The van der Waals surface area contributed by atoms with Gasteiger partial charge in [0.15, 0.2) is 0 Å². The lowest BCUT2D eigenvalue weighted by molar-refractivity contribution is 0.0721. The molecule has 5 heteroatoms. The van der Waals surface area contributed by atoms with Crippen LogP contribution in [0.25, 0.3) is 0 Å². The molecule has 1 aromatic heterocycles. The van der Waals surface area contributed by atoms with E-state index in [0.29, 0.717) is 30.3 Å². The number of benzene rings is 1. The Morgan fingerprint density at radius 3 is 2.68 bits per heavy atom. The highest BCUT2D eigenvalue weighted by atomic mass is 35.5. The number of halogens is 1. The van der Waals surface area contributed by atoms with Gasteiger partial charge in [0.05, 0.1) is 22.8 Å². The number of aromatic nitrogens is 1. The summed E-state index contributed by atoms with van der Waals surface area (Å²) in [7, 11) is 1.65. The highest BCUT2D eigenvalue weighted by Gasteiger charge is 2.18. The summed E-state index contributed by atoms with van der Waals surface area (Å²) < 4.78 is 5.07. The van der Waals surface area contributed by atoms with Gasteiger partial charge in [0.2, 0.25) is 0 Å². The molecule has 0 saturated carbocycles. The normalized spacial score (nSPS) is 10.5. The quantitative estimate of drug-likeness (QED) is 0.735. The highest BCUT2D eigenvalue weighted by molar-refractivity contribution is 6.33. The molecule has 4 nitrogen and oxygen atoms in total. The van der Waals surface area contributed by atoms with E-state index in [1.807, 2.05) is 30.3 Å². The second-order valence-electron chi connectivity index (χ2n) is 4.87. The summed E-state index contributed by atoms with van der Waals surface area (Å²) in [5.74, 6) is -0.0904. The molecular formula is C17H19ClN2O2. The molecule has 0 aliphatic carbocycles. The van der Waals surface area contributed by atoms with E-state index in [4.69, 9.17) is 16.3 Å². The van der Waals surface area contributed by atoms with Crippen molar-refractivity contribution in [1.82, 2.24) is 9.88 Å². The number of carbonyl (C=O) groups excluding carboxylic acids is 1. The minimum absolute atomic E-state index is 0.0904. The summed E-state index contributed by atoms with van der Waals surface area (Å²) >= 11 is 6.14. The SMILES string of the molecule is COCCCN(Cc1ccccn1)C(=O)c1ccccc1Cl.